The smallest absolute Gasteiger partial charge is 0.315 e. The number of thiazole rings is 1. The van der Waals surface area contributed by atoms with Crippen LogP contribution >= 0.6 is 22.9 Å². The Bertz CT molecular complexity index is 762. The van der Waals surface area contributed by atoms with Crippen LogP contribution in [0.3, 0.4) is 0 Å². The van der Waals surface area contributed by atoms with E-state index in [0.29, 0.717) is 28.9 Å². The van der Waals surface area contributed by atoms with Crippen LogP contribution in [-0.4, -0.2) is 28.5 Å². The third-order valence-electron chi connectivity index (χ3n) is 3.46. The Hall–Kier alpha value is -1.99. The number of carbonyl (C=O) groups is 2. The van der Waals surface area contributed by atoms with Gasteiger partial charge in [-0.25, -0.2) is 4.98 Å². The van der Waals surface area contributed by atoms with Crippen LogP contribution in [0, 0.1) is 0 Å². The average Bonchev–Trinajstić information content (AvgIpc) is 3.07. The van der Waals surface area contributed by atoms with Crippen molar-refractivity contribution in [2.24, 2.45) is 0 Å². The van der Waals surface area contributed by atoms with E-state index in [4.69, 9.17) is 16.3 Å². The molecule has 3 rings (SSSR count). The zero-order valence-electron chi connectivity index (χ0n) is 12.3. The van der Waals surface area contributed by atoms with Crippen molar-refractivity contribution in [2.75, 3.05) is 11.9 Å². The highest BCUT2D eigenvalue weighted by molar-refractivity contribution is 7.16. The number of hydrogen-bond donors (Lipinski definition) is 1. The highest BCUT2D eigenvalue weighted by atomic mass is 35.5. The van der Waals surface area contributed by atoms with Crippen LogP contribution in [0.25, 0.3) is 0 Å². The second kappa shape index (κ2) is 6.64. The molecular weight excluding hydrogens is 338 g/mol. The normalized spacial score (nSPS) is 16.0. The Labute approximate surface area is 141 Å². The summed E-state index contributed by atoms with van der Waals surface area (Å²) in [4.78, 5) is 33.5. The van der Waals surface area contributed by atoms with Crippen molar-refractivity contribution in [2.45, 2.75) is 25.7 Å². The van der Waals surface area contributed by atoms with Gasteiger partial charge in [0.1, 0.15) is 11.6 Å². The predicted molar refractivity (Wildman–Crippen MR) is 87.0 cm³/mol. The van der Waals surface area contributed by atoms with Gasteiger partial charge in [-0.05, 0) is 31.9 Å². The molecule has 1 aliphatic carbocycles. The topological polar surface area (TPSA) is 81.2 Å². The molecule has 0 aliphatic heterocycles. The first-order chi connectivity index (χ1) is 11.1. The molecule has 23 heavy (non-hydrogen) atoms. The van der Waals surface area contributed by atoms with E-state index >= 15 is 0 Å². The Morgan fingerprint density at radius 1 is 1.52 bits per heavy atom. The number of nitrogens with zero attached hydrogens (tertiary/aromatic N) is 2. The zero-order chi connectivity index (χ0) is 16.4. The summed E-state index contributed by atoms with van der Waals surface area (Å²) < 4.78 is 5.07. The Balaban J connectivity index is 1.75. The Kier molecular flexibility index (Phi) is 4.58. The molecular formula is C15H14ClN3O3S. The van der Waals surface area contributed by atoms with Gasteiger partial charge in [0.15, 0.2) is 5.13 Å². The lowest BCUT2D eigenvalue weighted by Crippen LogP contribution is -2.15. The minimum atomic E-state index is -0.382. The summed E-state index contributed by atoms with van der Waals surface area (Å²) in [5.41, 5.74) is 0.928. The van der Waals surface area contributed by atoms with Crippen molar-refractivity contribution in [3.8, 4) is 0 Å². The number of amides is 1. The van der Waals surface area contributed by atoms with E-state index in [-0.39, 0.29) is 23.5 Å². The van der Waals surface area contributed by atoms with Crippen LogP contribution in [0.2, 0.25) is 5.02 Å². The van der Waals surface area contributed by atoms with Crippen LogP contribution in [0.15, 0.2) is 18.3 Å². The number of rotatable bonds is 4. The lowest BCUT2D eigenvalue weighted by atomic mass is 10.1. The number of hydrogen-bond acceptors (Lipinski definition) is 6. The molecule has 0 radical (unpaired) electrons. The second-order valence-corrected chi connectivity index (χ2v) is 6.50. The molecule has 0 fully saturated rings. The van der Waals surface area contributed by atoms with Crippen LogP contribution in [0.5, 0.6) is 0 Å². The Morgan fingerprint density at radius 2 is 2.35 bits per heavy atom. The van der Waals surface area contributed by atoms with Gasteiger partial charge < -0.3 is 4.74 Å². The lowest BCUT2D eigenvalue weighted by molar-refractivity contribution is -0.145. The molecule has 1 atom stereocenters. The quantitative estimate of drug-likeness (QED) is 0.856. The van der Waals surface area contributed by atoms with E-state index in [2.05, 4.69) is 15.3 Å². The summed E-state index contributed by atoms with van der Waals surface area (Å²) in [6.45, 7) is 2.12. The fourth-order valence-electron chi connectivity index (χ4n) is 2.44. The number of aromatic nitrogens is 2. The van der Waals surface area contributed by atoms with Gasteiger partial charge in [0.25, 0.3) is 5.91 Å². The fraction of sp³-hybridized carbons (Fsp3) is 0.333. The van der Waals surface area contributed by atoms with Gasteiger partial charge in [-0.1, -0.05) is 11.6 Å². The number of fused-ring (bicyclic) bond motifs is 1. The number of nitrogens with one attached hydrogen (secondary N) is 1. The maximum atomic E-state index is 12.2. The Morgan fingerprint density at radius 3 is 3.09 bits per heavy atom. The second-order valence-electron chi connectivity index (χ2n) is 4.98. The standard InChI is InChI=1S/C15H14ClN3O3S/c1-2-22-14(21)9-3-4-11-12(9)18-15(23-11)19-13(20)10-7-8(16)5-6-17-10/h5-7,9H,2-4H2,1H3,(H,18,19,20)/t9-/m1/s1. The summed E-state index contributed by atoms with van der Waals surface area (Å²) in [5, 5.41) is 3.60. The molecule has 2 aromatic rings. The summed E-state index contributed by atoms with van der Waals surface area (Å²) in [7, 11) is 0. The van der Waals surface area contributed by atoms with Crippen molar-refractivity contribution >= 4 is 39.9 Å². The van der Waals surface area contributed by atoms with E-state index < -0.39 is 0 Å². The van der Waals surface area contributed by atoms with Crippen molar-refractivity contribution in [1.82, 2.24) is 9.97 Å². The molecule has 0 aromatic carbocycles. The molecule has 0 saturated carbocycles. The van der Waals surface area contributed by atoms with E-state index in [1.54, 1.807) is 13.0 Å². The molecule has 2 aromatic heterocycles. The summed E-state index contributed by atoms with van der Waals surface area (Å²) in [6.07, 6.45) is 2.94. The average molecular weight is 352 g/mol. The first-order valence-corrected chi connectivity index (χ1v) is 8.37. The fourth-order valence-corrected chi connectivity index (χ4v) is 3.64. The number of halogens is 1. The SMILES string of the molecule is CCOC(=O)[C@@H]1CCc2sc(NC(=O)c3cc(Cl)ccn3)nc21. The van der Waals surface area contributed by atoms with Crippen molar-refractivity contribution < 1.29 is 14.3 Å². The minimum absolute atomic E-state index is 0.217. The van der Waals surface area contributed by atoms with Crippen LogP contribution in [0.1, 0.15) is 40.3 Å². The van der Waals surface area contributed by atoms with Gasteiger partial charge in [0, 0.05) is 16.1 Å². The van der Waals surface area contributed by atoms with Crippen LogP contribution in [0.4, 0.5) is 5.13 Å². The molecule has 8 heteroatoms. The maximum Gasteiger partial charge on any atom is 0.315 e. The molecule has 6 nitrogen and oxygen atoms in total. The number of esters is 1. The number of aryl methyl sites for hydroxylation is 1. The van der Waals surface area contributed by atoms with Gasteiger partial charge in [0.05, 0.1) is 12.3 Å². The first-order valence-electron chi connectivity index (χ1n) is 7.17. The number of ether oxygens (including phenoxy) is 1. The predicted octanol–water partition coefficient (Wildman–Crippen LogP) is 3.04. The molecule has 0 saturated heterocycles. The molecule has 0 unspecified atom stereocenters. The van der Waals surface area contributed by atoms with Crippen molar-refractivity contribution in [3.63, 3.8) is 0 Å². The zero-order valence-corrected chi connectivity index (χ0v) is 13.9. The molecule has 2 heterocycles. The van der Waals surface area contributed by atoms with E-state index in [1.807, 2.05) is 0 Å². The molecule has 1 aliphatic rings. The summed E-state index contributed by atoms with van der Waals surface area (Å²) in [5.74, 6) is -0.977. The largest absolute Gasteiger partial charge is 0.465 e. The van der Waals surface area contributed by atoms with Crippen molar-refractivity contribution in [3.05, 3.63) is 39.6 Å². The van der Waals surface area contributed by atoms with Gasteiger partial charge in [-0.15, -0.1) is 11.3 Å². The van der Waals surface area contributed by atoms with Gasteiger partial charge in [0.2, 0.25) is 0 Å². The summed E-state index contributed by atoms with van der Waals surface area (Å²) >= 11 is 7.23. The van der Waals surface area contributed by atoms with E-state index in [9.17, 15) is 9.59 Å². The molecule has 1 amide bonds. The van der Waals surface area contributed by atoms with Gasteiger partial charge in [-0.2, -0.15) is 0 Å². The lowest BCUT2D eigenvalue weighted by Gasteiger charge is -2.07. The number of anilines is 1. The van der Waals surface area contributed by atoms with Crippen LogP contribution in [-0.2, 0) is 16.0 Å². The highest BCUT2D eigenvalue weighted by Gasteiger charge is 2.33. The monoisotopic (exact) mass is 351 g/mol. The molecule has 120 valence electrons. The molecule has 1 N–H and O–H groups in total. The third kappa shape index (κ3) is 3.35. The van der Waals surface area contributed by atoms with E-state index in [0.717, 1.165) is 11.3 Å². The molecule has 0 spiro atoms. The molecule has 0 bridgehead atoms. The number of carbonyl (C=O) groups excluding carboxylic acids is 2. The van der Waals surface area contributed by atoms with E-state index in [1.165, 1.54) is 23.6 Å². The first kappa shape index (κ1) is 15.9. The maximum absolute atomic E-state index is 12.2. The van der Waals surface area contributed by atoms with Gasteiger partial charge in [-0.3, -0.25) is 19.9 Å². The van der Waals surface area contributed by atoms with Crippen molar-refractivity contribution in [1.29, 1.82) is 0 Å². The van der Waals surface area contributed by atoms with Gasteiger partial charge >= 0.3 is 5.97 Å². The summed E-state index contributed by atoms with van der Waals surface area (Å²) in [6, 6.07) is 3.08. The highest BCUT2D eigenvalue weighted by Crippen LogP contribution is 2.39. The minimum Gasteiger partial charge on any atom is -0.465 e. The van der Waals surface area contributed by atoms with Crippen LogP contribution < -0.4 is 5.32 Å². The third-order valence-corrected chi connectivity index (χ3v) is 4.75. The number of pyridine rings is 1.